The Bertz CT molecular complexity index is 1560. The van der Waals surface area contributed by atoms with Crippen molar-refractivity contribution in [3.05, 3.63) is 52.1 Å². The highest BCUT2D eigenvalue weighted by molar-refractivity contribution is 9.10. The Morgan fingerprint density at radius 2 is 1.88 bits per heavy atom. The van der Waals surface area contributed by atoms with Crippen molar-refractivity contribution in [2.45, 2.75) is 31.7 Å². The number of aromatic nitrogens is 2. The van der Waals surface area contributed by atoms with Crippen molar-refractivity contribution in [2.75, 3.05) is 72.5 Å². The van der Waals surface area contributed by atoms with Gasteiger partial charge in [0.15, 0.2) is 0 Å². The third-order valence-electron chi connectivity index (χ3n) is 8.08. The number of hydrogen-bond donors (Lipinski definition) is 4. The summed E-state index contributed by atoms with van der Waals surface area (Å²) in [6.07, 6.45) is 6.69. The maximum absolute atomic E-state index is 12.4. The summed E-state index contributed by atoms with van der Waals surface area (Å²) in [5.74, 6) is 1.79. The number of likely N-dealkylation sites (N-methyl/N-ethyl adjacent to an activating group) is 1. The first kappa shape index (κ1) is 29.0. The summed E-state index contributed by atoms with van der Waals surface area (Å²) in [7, 11) is -1.42. The summed E-state index contributed by atoms with van der Waals surface area (Å²) < 4.78 is 33.1. The Kier molecular flexibility index (Phi) is 8.44. The van der Waals surface area contributed by atoms with E-state index in [2.05, 4.69) is 53.1 Å². The molecule has 4 N–H and O–H groups in total. The van der Waals surface area contributed by atoms with E-state index in [1.807, 2.05) is 31.3 Å². The number of ether oxygens (including phenoxy) is 1. The molecule has 0 atom stereocenters. The van der Waals surface area contributed by atoms with Crippen LogP contribution in [0.15, 0.2) is 41.0 Å². The number of nitrogens with one attached hydrogen (secondary N) is 4. The Morgan fingerprint density at radius 3 is 2.67 bits per heavy atom. The first-order valence-electron chi connectivity index (χ1n) is 14.4. The number of para-hydroxylation sites is 1. The first-order valence-corrected chi connectivity index (χ1v) is 17.0. The van der Waals surface area contributed by atoms with Gasteiger partial charge in [-0.05, 0) is 66.0 Å². The molecule has 3 aliphatic rings. The number of halogens is 1. The first-order chi connectivity index (χ1) is 20.3. The van der Waals surface area contributed by atoms with Gasteiger partial charge in [0.1, 0.15) is 11.6 Å². The van der Waals surface area contributed by atoms with Crippen molar-refractivity contribution in [1.82, 2.24) is 20.6 Å². The predicted molar refractivity (Wildman–Crippen MR) is 171 cm³/mol. The highest BCUT2D eigenvalue weighted by Crippen LogP contribution is 2.43. The van der Waals surface area contributed by atoms with E-state index in [1.165, 1.54) is 21.8 Å². The van der Waals surface area contributed by atoms with Crippen molar-refractivity contribution in [3.8, 4) is 5.75 Å². The molecule has 3 aromatic rings. The molecule has 3 aliphatic heterocycles. The molecule has 42 heavy (non-hydrogen) atoms. The number of fused-ring (bicyclic) bond motifs is 2. The molecule has 1 saturated heterocycles. The fourth-order valence-corrected chi connectivity index (χ4v) is 7.28. The average Bonchev–Trinajstić information content (AvgIpc) is 3.65. The van der Waals surface area contributed by atoms with Crippen LogP contribution in [-0.2, 0) is 22.9 Å². The molecule has 0 unspecified atom stereocenters. The zero-order valence-electron chi connectivity index (χ0n) is 23.9. The van der Waals surface area contributed by atoms with Gasteiger partial charge in [0, 0.05) is 62.6 Å². The molecule has 0 aliphatic carbocycles. The van der Waals surface area contributed by atoms with Crippen LogP contribution in [0.5, 0.6) is 5.75 Å². The highest BCUT2D eigenvalue weighted by atomic mass is 79.9. The van der Waals surface area contributed by atoms with E-state index < -0.39 is 10.0 Å². The molecule has 1 fully saturated rings. The van der Waals surface area contributed by atoms with Crippen LogP contribution in [0.4, 0.5) is 34.5 Å². The molecule has 2 aromatic carbocycles. The summed E-state index contributed by atoms with van der Waals surface area (Å²) in [6.45, 7) is 5.08. The van der Waals surface area contributed by atoms with E-state index >= 15 is 0 Å². The van der Waals surface area contributed by atoms with Crippen LogP contribution in [0, 0.1) is 0 Å². The summed E-state index contributed by atoms with van der Waals surface area (Å²) in [5, 5.41) is 13.5. The van der Waals surface area contributed by atoms with Gasteiger partial charge in [-0.15, -0.1) is 0 Å². The molecule has 0 spiro atoms. The highest BCUT2D eigenvalue weighted by Gasteiger charge is 2.30. The molecule has 1 aromatic heterocycles. The lowest BCUT2D eigenvalue weighted by Crippen LogP contribution is -2.44. The topological polar surface area (TPSA) is 124 Å². The van der Waals surface area contributed by atoms with Crippen molar-refractivity contribution in [3.63, 3.8) is 0 Å². The maximum atomic E-state index is 12.4. The molecule has 224 valence electrons. The van der Waals surface area contributed by atoms with E-state index in [1.54, 1.807) is 6.20 Å². The monoisotopic (exact) mass is 656 g/mol. The molecular weight excluding hydrogens is 620 g/mol. The van der Waals surface area contributed by atoms with Gasteiger partial charge in [-0.3, -0.25) is 4.31 Å². The third-order valence-corrected chi connectivity index (χ3v) is 9.82. The molecule has 0 bridgehead atoms. The zero-order chi connectivity index (χ0) is 29.3. The summed E-state index contributed by atoms with van der Waals surface area (Å²) >= 11 is 3.55. The van der Waals surface area contributed by atoms with E-state index in [4.69, 9.17) is 9.72 Å². The van der Waals surface area contributed by atoms with Gasteiger partial charge in [-0.1, -0.05) is 12.1 Å². The van der Waals surface area contributed by atoms with Crippen LogP contribution >= 0.6 is 15.9 Å². The van der Waals surface area contributed by atoms with Gasteiger partial charge in [-0.2, -0.15) is 4.98 Å². The van der Waals surface area contributed by atoms with Crippen LogP contribution in [0.2, 0.25) is 0 Å². The number of sulfonamides is 1. The van der Waals surface area contributed by atoms with Crippen LogP contribution in [0.25, 0.3) is 0 Å². The second kappa shape index (κ2) is 12.2. The Labute approximate surface area is 255 Å². The number of nitrogens with zero attached hydrogens (tertiary/aromatic N) is 4. The van der Waals surface area contributed by atoms with Crippen LogP contribution in [0.1, 0.15) is 24.0 Å². The molecule has 0 amide bonds. The van der Waals surface area contributed by atoms with Gasteiger partial charge in [0.05, 0.1) is 34.4 Å². The lowest BCUT2D eigenvalue weighted by Gasteiger charge is -2.35. The van der Waals surface area contributed by atoms with Crippen molar-refractivity contribution in [2.24, 2.45) is 0 Å². The SMILES string of the molecule is CNCCNC1CCN(c2ccc(Nc3ncc(Br)c(Nc4cccc5c4N(S(C)(=O)=O)CC5)n3)c3c2CCO3)CC1. The lowest BCUT2D eigenvalue weighted by atomic mass is 10.0. The molecule has 6 rings (SSSR count). The van der Waals surface area contributed by atoms with Crippen molar-refractivity contribution < 1.29 is 13.2 Å². The molecule has 4 heterocycles. The lowest BCUT2D eigenvalue weighted by molar-refractivity contribution is 0.358. The Balaban J connectivity index is 1.20. The van der Waals surface area contributed by atoms with E-state index in [-0.39, 0.29) is 0 Å². The zero-order valence-corrected chi connectivity index (χ0v) is 26.3. The van der Waals surface area contributed by atoms with Crippen molar-refractivity contribution in [1.29, 1.82) is 0 Å². The van der Waals surface area contributed by atoms with Gasteiger partial charge < -0.3 is 30.9 Å². The Hall–Kier alpha value is -3.13. The number of rotatable bonds is 10. The minimum atomic E-state index is -3.40. The van der Waals surface area contributed by atoms with E-state index in [0.29, 0.717) is 53.2 Å². The normalized spacial score (nSPS) is 16.7. The number of hydrogen-bond acceptors (Lipinski definition) is 10. The number of piperidine rings is 1. The smallest absolute Gasteiger partial charge is 0.232 e. The van der Waals surface area contributed by atoms with Gasteiger partial charge in [0.2, 0.25) is 16.0 Å². The Morgan fingerprint density at radius 1 is 1.05 bits per heavy atom. The maximum Gasteiger partial charge on any atom is 0.232 e. The molecule has 11 nitrogen and oxygen atoms in total. The summed E-state index contributed by atoms with van der Waals surface area (Å²) in [6, 6.07) is 10.5. The fourth-order valence-electron chi connectivity index (χ4n) is 6.02. The van der Waals surface area contributed by atoms with Gasteiger partial charge >= 0.3 is 0 Å². The molecule has 0 radical (unpaired) electrons. The van der Waals surface area contributed by atoms with Gasteiger partial charge in [-0.25, -0.2) is 13.4 Å². The van der Waals surface area contributed by atoms with Crippen LogP contribution in [-0.4, -0.2) is 77.1 Å². The molecule has 13 heteroatoms. The number of benzene rings is 2. The third kappa shape index (κ3) is 6.01. The second-order valence-electron chi connectivity index (χ2n) is 10.9. The van der Waals surface area contributed by atoms with Crippen LogP contribution < -0.4 is 35.2 Å². The van der Waals surface area contributed by atoms with Crippen molar-refractivity contribution >= 4 is 60.5 Å². The van der Waals surface area contributed by atoms with E-state index in [0.717, 1.165) is 62.4 Å². The summed E-state index contributed by atoms with van der Waals surface area (Å²) in [5.41, 5.74) is 5.62. The second-order valence-corrected chi connectivity index (χ2v) is 13.7. The average molecular weight is 658 g/mol. The molecule has 0 saturated carbocycles. The number of anilines is 6. The van der Waals surface area contributed by atoms with Gasteiger partial charge in [0.25, 0.3) is 0 Å². The fraction of sp³-hybridized carbons (Fsp3) is 0.448. The standard InChI is InChI=1S/C29H37BrN8O3S/c1-31-12-13-32-20-9-14-37(15-10-20)25-7-6-24(27-21(25)11-17-41-27)35-29-33-18-22(30)28(36-29)34-23-5-3-4-19-8-16-38(26(19)23)42(2,39)40/h3-7,18,20,31-32H,8-17H2,1-2H3,(H2,33,34,35,36). The summed E-state index contributed by atoms with van der Waals surface area (Å²) in [4.78, 5) is 11.7. The minimum Gasteiger partial charge on any atom is -0.491 e. The van der Waals surface area contributed by atoms with Crippen LogP contribution in [0.3, 0.4) is 0 Å². The molecular formula is C29H37BrN8O3S. The quantitative estimate of drug-likeness (QED) is 0.240. The van der Waals surface area contributed by atoms with E-state index in [9.17, 15) is 8.42 Å². The predicted octanol–water partition coefficient (Wildman–Crippen LogP) is 3.76. The largest absolute Gasteiger partial charge is 0.491 e. The minimum absolute atomic E-state index is 0.409.